The van der Waals surface area contributed by atoms with E-state index in [4.69, 9.17) is 86.8 Å². The lowest BCUT2D eigenvalue weighted by atomic mass is 9.79. The van der Waals surface area contributed by atoms with Crippen LogP contribution in [0.25, 0.3) is 10.8 Å². The van der Waals surface area contributed by atoms with Gasteiger partial charge in [-0.15, -0.1) is 0 Å². The third-order valence-corrected chi connectivity index (χ3v) is 11.5. The van der Waals surface area contributed by atoms with Crippen LogP contribution >= 0.6 is 0 Å². The summed E-state index contributed by atoms with van der Waals surface area (Å²) >= 11 is 0. The SMILES string of the molecule is CC(C)(C)c1cc(C(=O)O)c(O)c(C(C)(C)C)c1.O=C(O)c1c(O)ccc2ccccc12.O=C(O)c1c(O)cccc1O.O=C(O)c1cc(O)c(O)c(O)c1.O=C(O)c1cc(O)cc(C(=O)O)c1.O=C(O)c1cc(O)cc(O)c1.O=C(O)c1ccc(O)c(O)c1. The lowest BCUT2D eigenvalue weighted by Gasteiger charge is -2.26. The van der Waals surface area contributed by atoms with Crippen molar-refractivity contribution in [3.8, 4) is 69.0 Å². The van der Waals surface area contributed by atoms with E-state index in [1.807, 2.05) is 53.7 Å². The Morgan fingerprint density at radius 2 is 0.678 bits per heavy atom. The molecule has 8 rings (SSSR count). The van der Waals surface area contributed by atoms with Crippen molar-refractivity contribution in [1.82, 2.24) is 0 Å². The molecule has 28 heteroatoms. The second-order valence-electron chi connectivity index (χ2n) is 20.3. The molecular formula is C62H60O28. The van der Waals surface area contributed by atoms with Crippen LogP contribution in [0.3, 0.4) is 0 Å². The van der Waals surface area contributed by atoms with Crippen molar-refractivity contribution >= 4 is 58.5 Å². The molecule has 0 atom stereocenters. The van der Waals surface area contributed by atoms with E-state index >= 15 is 0 Å². The predicted molar refractivity (Wildman–Crippen MR) is 316 cm³/mol. The summed E-state index contributed by atoms with van der Waals surface area (Å²) in [6.45, 7) is 12.0. The van der Waals surface area contributed by atoms with E-state index in [1.54, 1.807) is 30.3 Å². The maximum Gasteiger partial charge on any atom is 0.343 e. The standard InChI is InChI=1S/C15H22O3.C11H8O3.C8H6O5.C7H6O5.3C7H6O4/c1-14(2,3)9-7-10(13(17)18)12(16)11(8-9)15(4,5)6;12-9-6-5-7-3-1-2-4-8(7)10(9)11(13)14;9-6-2-4(7(10)11)1-5(3-6)8(12)13;8-4-1-3(7(11)12)2-5(9)6(4)10;8-5-1-4(7(10)11)2-6(9)3-5;8-5-2-1-4(7(10)11)3-6(5)9;8-4-2-1-3-5(9)6(4)7(10)11/h7-8,16H,1-6H3,(H,17,18);1-6,12H,(H,13,14);1-3,9H,(H,10,11)(H,12,13);1-2,8-10H,(H,11,12);3*1-3,8-9H,(H,10,11). The summed E-state index contributed by atoms with van der Waals surface area (Å²) in [5.74, 6) is -14.6. The first kappa shape index (κ1) is 73.5. The Labute approximate surface area is 508 Å². The van der Waals surface area contributed by atoms with Gasteiger partial charge in [0.15, 0.2) is 28.7 Å². The van der Waals surface area contributed by atoms with Gasteiger partial charge in [0.2, 0.25) is 0 Å². The van der Waals surface area contributed by atoms with E-state index in [2.05, 4.69) is 0 Å². The Hall–Kier alpha value is -12.6. The van der Waals surface area contributed by atoms with Gasteiger partial charge in [-0.2, -0.15) is 0 Å². The number of aromatic carboxylic acids is 8. The highest BCUT2D eigenvalue weighted by Gasteiger charge is 2.27. The topological polar surface area (TPSA) is 541 Å². The number of rotatable bonds is 8. The van der Waals surface area contributed by atoms with Crippen molar-refractivity contribution < 1.29 is 140 Å². The Balaban J connectivity index is 0.000000360. The maximum absolute atomic E-state index is 11.2. The van der Waals surface area contributed by atoms with Gasteiger partial charge in [-0.05, 0) is 112 Å². The van der Waals surface area contributed by atoms with E-state index in [1.165, 1.54) is 30.3 Å². The van der Waals surface area contributed by atoms with Gasteiger partial charge in [0.25, 0.3) is 0 Å². The third-order valence-electron chi connectivity index (χ3n) is 11.5. The molecule has 0 amide bonds. The Kier molecular flexibility index (Phi) is 25.7. The average Bonchev–Trinajstić information content (AvgIpc) is 0.889. The largest absolute Gasteiger partial charge is 0.508 e. The summed E-state index contributed by atoms with van der Waals surface area (Å²) in [5, 5.41) is 178. The van der Waals surface area contributed by atoms with Crippen molar-refractivity contribution in [2.75, 3.05) is 0 Å². The van der Waals surface area contributed by atoms with E-state index in [-0.39, 0.29) is 84.3 Å². The monoisotopic (exact) mass is 1250 g/mol. The highest BCUT2D eigenvalue weighted by molar-refractivity contribution is 6.06. The molecule has 20 N–H and O–H groups in total. The number of carboxylic acids is 8. The normalized spacial score (nSPS) is 10.2. The smallest absolute Gasteiger partial charge is 0.343 e. The molecule has 476 valence electrons. The number of phenolic OH excluding ortho intramolecular Hbond substituents is 8. The fourth-order valence-corrected chi connectivity index (χ4v) is 7.00. The molecule has 0 aromatic heterocycles. The molecule has 90 heavy (non-hydrogen) atoms. The summed E-state index contributed by atoms with van der Waals surface area (Å²) in [7, 11) is 0. The first-order chi connectivity index (χ1) is 41.5. The minimum Gasteiger partial charge on any atom is -0.508 e. The van der Waals surface area contributed by atoms with Crippen molar-refractivity contribution in [3.63, 3.8) is 0 Å². The molecule has 28 nitrogen and oxygen atoms in total. The van der Waals surface area contributed by atoms with Gasteiger partial charge in [0, 0.05) is 11.6 Å². The molecule has 0 aliphatic carbocycles. The third kappa shape index (κ3) is 21.8. The second-order valence-corrected chi connectivity index (χ2v) is 20.3. The zero-order valence-electron chi connectivity index (χ0n) is 47.9. The van der Waals surface area contributed by atoms with Gasteiger partial charge < -0.3 is 102 Å². The molecule has 0 fully saturated rings. The molecule has 0 saturated carbocycles. The number of phenols is 12. The van der Waals surface area contributed by atoms with Crippen LogP contribution in [0.2, 0.25) is 0 Å². The molecule has 8 aromatic rings. The van der Waals surface area contributed by atoms with Crippen LogP contribution in [0.5, 0.6) is 69.0 Å². The zero-order valence-corrected chi connectivity index (χ0v) is 47.9. The number of aromatic hydroxyl groups is 12. The van der Waals surface area contributed by atoms with Crippen LogP contribution in [0, 0.1) is 0 Å². The van der Waals surface area contributed by atoms with Crippen LogP contribution in [-0.4, -0.2) is 150 Å². The van der Waals surface area contributed by atoms with Crippen LogP contribution in [0.15, 0.2) is 133 Å². The summed E-state index contributed by atoms with van der Waals surface area (Å²) in [5.41, 5.74) is -0.369. The summed E-state index contributed by atoms with van der Waals surface area (Å²) in [6, 6.07) is 28.5. The van der Waals surface area contributed by atoms with Gasteiger partial charge in [0.05, 0.1) is 27.8 Å². The first-order valence-electron chi connectivity index (χ1n) is 25.1. The molecule has 0 unspecified atom stereocenters. The molecule has 0 heterocycles. The van der Waals surface area contributed by atoms with E-state index in [0.717, 1.165) is 71.6 Å². The fourth-order valence-electron chi connectivity index (χ4n) is 7.00. The molecule has 0 aliphatic heterocycles. The van der Waals surface area contributed by atoms with Gasteiger partial charge >= 0.3 is 47.8 Å². The van der Waals surface area contributed by atoms with Crippen LogP contribution in [0.1, 0.15) is 136 Å². The van der Waals surface area contributed by atoms with Crippen LogP contribution in [-0.2, 0) is 10.8 Å². The summed E-state index contributed by atoms with van der Waals surface area (Å²) < 4.78 is 0. The molecule has 0 saturated heterocycles. The van der Waals surface area contributed by atoms with Crippen molar-refractivity contribution in [2.24, 2.45) is 0 Å². The summed E-state index contributed by atoms with van der Waals surface area (Å²) in [4.78, 5) is 84.1. The van der Waals surface area contributed by atoms with Crippen molar-refractivity contribution in [1.29, 1.82) is 0 Å². The number of carboxylic acid groups (broad SMARTS) is 8. The zero-order chi connectivity index (χ0) is 69.0. The lowest BCUT2D eigenvalue weighted by Crippen LogP contribution is -2.18. The maximum atomic E-state index is 11.2. The van der Waals surface area contributed by atoms with E-state index < -0.39 is 87.8 Å². The molecule has 0 radical (unpaired) electrons. The highest BCUT2D eigenvalue weighted by Crippen LogP contribution is 2.38. The Bertz CT molecular complexity index is 3890. The Morgan fingerprint density at radius 3 is 1.07 bits per heavy atom. The second kappa shape index (κ2) is 31.5. The summed E-state index contributed by atoms with van der Waals surface area (Å²) in [6.07, 6.45) is 0. The number of hydrogen-bond acceptors (Lipinski definition) is 20. The van der Waals surface area contributed by atoms with E-state index in [9.17, 15) is 53.7 Å². The van der Waals surface area contributed by atoms with Crippen molar-refractivity contribution in [3.05, 3.63) is 189 Å². The van der Waals surface area contributed by atoms with E-state index in [0.29, 0.717) is 10.9 Å². The van der Waals surface area contributed by atoms with Gasteiger partial charge in [-0.1, -0.05) is 84.0 Å². The molecular weight excluding hydrogens is 1190 g/mol. The molecule has 8 aromatic carbocycles. The number of carbonyl (C=O) groups is 8. The number of hydrogen-bond donors (Lipinski definition) is 20. The number of benzene rings is 8. The fraction of sp³-hybridized carbons (Fsp3) is 0.129. The lowest BCUT2D eigenvalue weighted by molar-refractivity contribution is 0.0677. The predicted octanol–water partition coefficient (Wildman–Crippen LogP) is 9.61. The quantitative estimate of drug-likeness (QED) is 0.0629. The molecule has 0 spiro atoms. The van der Waals surface area contributed by atoms with Crippen LogP contribution < -0.4 is 0 Å². The minimum atomic E-state index is -1.35. The molecule has 0 bridgehead atoms. The average molecular weight is 1250 g/mol. The van der Waals surface area contributed by atoms with Crippen LogP contribution in [0.4, 0.5) is 0 Å². The highest BCUT2D eigenvalue weighted by atomic mass is 16.4. The van der Waals surface area contributed by atoms with Gasteiger partial charge in [0.1, 0.15) is 56.9 Å². The minimum absolute atomic E-state index is 0.0210. The van der Waals surface area contributed by atoms with Gasteiger partial charge in [-0.3, -0.25) is 0 Å². The Morgan fingerprint density at radius 1 is 0.289 bits per heavy atom. The first-order valence-corrected chi connectivity index (χ1v) is 25.1. The number of fused-ring (bicyclic) bond motifs is 1. The molecule has 0 aliphatic rings. The van der Waals surface area contributed by atoms with Gasteiger partial charge in [-0.25, -0.2) is 38.4 Å². The van der Waals surface area contributed by atoms with Crippen molar-refractivity contribution in [2.45, 2.75) is 52.4 Å².